The topological polar surface area (TPSA) is 55.1 Å². The molecule has 1 aromatic rings. The standard InChI is InChI=1S/C10H10N2O/c11-10(13)8-3-1-2-7-4-5-12-6-9(7)8/h1-5,12H,6H2,(H2,11,13). The molecule has 3 N–H and O–H groups in total. The van der Waals surface area contributed by atoms with E-state index in [2.05, 4.69) is 5.32 Å². The van der Waals surface area contributed by atoms with E-state index >= 15 is 0 Å². The van der Waals surface area contributed by atoms with Crippen LogP contribution in [0.2, 0.25) is 0 Å². The highest BCUT2D eigenvalue weighted by atomic mass is 16.1. The second kappa shape index (κ2) is 2.94. The maximum atomic E-state index is 11.0. The van der Waals surface area contributed by atoms with Gasteiger partial charge in [-0.25, -0.2) is 0 Å². The molecule has 0 unspecified atom stereocenters. The average molecular weight is 174 g/mol. The van der Waals surface area contributed by atoms with E-state index in [9.17, 15) is 4.79 Å². The lowest BCUT2D eigenvalue weighted by atomic mass is 9.99. The van der Waals surface area contributed by atoms with Crippen LogP contribution in [0, 0.1) is 0 Å². The monoisotopic (exact) mass is 174 g/mol. The van der Waals surface area contributed by atoms with Crippen molar-refractivity contribution in [3.05, 3.63) is 41.1 Å². The van der Waals surface area contributed by atoms with Crippen molar-refractivity contribution in [1.82, 2.24) is 5.32 Å². The Morgan fingerprint density at radius 1 is 1.46 bits per heavy atom. The van der Waals surface area contributed by atoms with Gasteiger partial charge in [0.15, 0.2) is 0 Å². The van der Waals surface area contributed by atoms with Gasteiger partial charge in [-0.1, -0.05) is 12.1 Å². The van der Waals surface area contributed by atoms with Crippen LogP contribution in [0.5, 0.6) is 0 Å². The van der Waals surface area contributed by atoms with Crippen LogP contribution in [0.1, 0.15) is 21.5 Å². The maximum Gasteiger partial charge on any atom is 0.249 e. The van der Waals surface area contributed by atoms with E-state index in [1.807, 2.05) is 24.4 Å². The van der Waals surface area contributed by atoms with E-state index in [0.29, 0.717) is 12.1 Å². The highest BCUT2D eigenvalue weighted by molar-refractivity contribution is 5.95. The smallest absolute Gasteiger partial charge is 0.249 e. The summed E-state index contributed by atoms with van der Waals surface area (Å²) in [6.07, 6.45) is 3.80. The van der Waals surface area contributed by atoms with Gasteiger partial charge in [-0.2, -0.15) is 0 Å². The molecule has 66 valence electrons. The molecule has 2 rings (SSSR count). The number of carbonyl (C=O) groups excluding carboxylic acids is 1. The first-order chi connectivity index (χ1) is 6.29. The predicted octanol–water partition coefficient (Wildman–Crippen LogP) is 0.859. The summed E-state index contributed by atoms with van der Waals surface area (Å²) in [5, 5.41) is 3.05. The molecule has 0 saturated carbocycles. The van der Waals surface area contributed by atoms with Crippen molar-refractivity contribution in [1.29, 1.82) is 0 Å². The number of rotatable bonds is 1. The Hall–Kier alpha value is -1.77. The summed E-state index contributed by atoms with van der Waals surface area (Å²) < 4.78 is 0. The van der Waals surface area contributed by atoms with Gasteiger partial charge in [0.2, 0.25) is 5.91 Å². The summed E-state index contributed by atoms with van der Waals surface area (Å²) in [7, 11) is 0. The van der Waals surface area contributed by atoms with Crippen LogP contribution >= 0.6 is 0 Å². The fraction of sp³-hybridized carbons (Fsp3) is 0.100. The van der Waals surface area contributed by atoms with Crippen molar-refractivity contribution >= 4 is 12.0 Å². The summed E-state index contributed by atoms with van der Waals surface area (Å²) in [6, 6.07) is 5.57. The summed E-state index contributed by atoms with van der Waals surface area (Å²) >= 11 is 0. The number of nitrogens with one attached hydrogen (secondary N) is 1. The van der Waals surface area contributed by atoms with Gasteiger partial charge in [-0.15, -0.1) is 0 Å². The molecule has 13 heavy (non-hydrogen) atoms. The summed E-state index contributed by atoms with van der Waals surface area (Å²) in [5.41, 5.74) is 7.90. The maximum absolute atomic E-state index is 11.0. The highest BCUT2D eigenvalue weighted by Crippen LogP contribution is 2.18. The molecular weight excluding hydrogens is 164 g/mol. The molecule has 0 saturated heterocycles. The number of hydrogen-bond acceptors (Lipinski definition) is 2. The largest absolute Gasteiger partial charge is 0.387 e. The fourth-order valence-corrected chi connectivity index (χ4v) is 1.50. The third kappa shape index (κ3) is 1.28. The van der Waals surface area contributed by atoms with Crippen LogP contribution in [0.3, 0.4) is 0 Å². The van der Waals surface area contributed by atoms with Gasteiger partial charge < -0.3 is 11.1 Å². The number of carbonyl (C=O) groups is 1. The van der Waals surface area contributed by atoms with Gasteiger partial charge in [-0.3, -0.25) is 4.79 Å². The molecule has 0 fully saturated rings. The Bertz CT molecular complexity index is 383. The zero-order valence-electron chi connectivity index (χ0n) is 7.08. The van der Waals surface area contributed by atoms with Crippen LogP contribution < -0.4 is 11.1 Å². The number of amides is 1. The minimum atomic E-state index is -0.367. The predicted molar refractivity (Wildman–Crippen MR) is 50.8 cm³/mol. The Balaban J connectivity index is 2.59. The Morgan fingerprint density at radius 3 is 3.08 bits per heavy atom. The first-order valence-electron chi connectivity index (χ1n) is 4.10. The van der Waals surface area contributed by atoms with Gasteiger partial charge in [0.25, 0.3) is 0 Å². The zero-order valence-corrected chi connectivity index (χ0v) is 7.08. The van der Waals surface area contributed by atoms with Gasteiger partial charge in [0.05, 0.1) is 0 Å². The van der Waals surface area contributed by atoms with E-state index in [0.717, 1.165) is 11.1 Å². The van der Waals surface area contributed by atoms with Crippen LogP contribution in [0.4, 0.5) is 0 Å². The summed E-state index contributed by atoms with van der Waals surface area (Å²) in [6.45, 7) is 0.672. The number of benzene rings is 1. The fourth-order valence-electron chi connectivity index (χ4n) is 1.50. The molecule has 0 bridgehead atoms. The third-order valence-electron chi connectivity index (χ3n) is 2.14. The second-order valence-electron chi connectivity index (χ2n) is 2.95. The first kappa shape index (κ1) is 7.86. The normalized spacial score (nSPS) is 13.2. The minimum Gasteiger partial charge on any atom is -0.387 e. The Kier molecular flexibility index (Phi) is 1.77. The van der Waals surface area contributed by atoms with Crippen molar-refractivity contribution in [3.63, 3.8) is 0 Å². The van der Waals surface area contributed by atoms with E-state index in [-0.39, 0.29) is 5.91 Å². The van der Waals surface area contributed by atoms with Gasteiger partial charge in [0.1, 0.15) is 0 Å². The molecule has 3 heteroatoms. The number of primary amides is 1. The molecular formula is C10H10N2O. The molecule has 0 aromatic heterocycles. The Labute approximate surface area is 76.2 Å². The minimum absolute atomic E-state index is 0.367. The van der Waals surface area contributed by atoms with Crippen molar-refractivity contribution in [2.45, 2.75) is 6.54 Å². The summed E-state index contributed by atoms with van der Waals surface area (Å²) in [5.74, 6) is -0.367. The van der Waals surface area contributed by atoms with Crippen LogP contribution in [0.15, 0.2) is 24.4 Å². The molecule has 1 aliphatic heterocycles. The van der Waals surface area contributed by atoms with Crippen molar-refractivity contribution in [3.8, 4) is 0 Å². The highest BCUT2D eigenvalue weighted by Gasteiger charge is 2.11. The van der Waals surface area contributed by atoms with Crippen molar-refractivity contribution in [2.75, 3.05) is 0 Å². The van der Waals surface area contributed by atoms with Crippen LogP contribution in [-0.4, -0.2) is 5.91 Å². The van der Waals surface area contributed by atoms with Gasteiger partial charge in [0, 0.05) is 12.1 Å². The van der Waals surface area contributed by atoms with E-state index in [4.69, 9.17) is 5.73 Å². The molecule has 0 aliphatic carbocycles. The molecule has 0 radical (unpaired) electrons. The first-order valence-corrected chi connectivity index (χ1v) is 4.10. The molecule has 1 heterocycles. The molecule has 1 aromatic carbocycles. The lowest BCUT2D eigenvalue weighted by Gasteiger charge is -2.14. The van der Waals surface area contributed by atoms with E-state index in [1.54, 1.807) is 6.07 Å². The lowest BCUT2D eigenvalue weighted by molar-refractivity contribution is 0.0999. The van der Waals surface area contributed by atoms with Crippen LogP contribution in [-0.2, 0) is 6.54 Å². The zero-order chi connectivity index (χ0) is 9.26. The van der Waals surface area contributed by atoms with Crippen molar-refractivity contribution < 1.29 is 4.79 Å². The van der Waals surface area contributed by atoms with Gasteiger partial charge in [-0.05, 0) is 29.5 Å². The third-order valence-corrected chi connectivity index (χ3v) is 2.14. The lowest BCUT2D eigenvalue weighted by Crippen LogP contribution is -2.19. The molecule has 1 aliphatic rings. The van der Waals surface area contributed by atoms with Crippen LogP contribution in [0.25, 0.3) is 6.08 Å². The summed E-state index contributed by atoms with van der Waals surface area (Å²) in [4.78, 5) is 11.0. The number of hydrogen-bond donors (Lipinski definition) is 2. The average Bonchev–Trinajstić information content (AvgIpc) is 2.17. The molecule has 1 amide bonds. The quantitative estimate of drug-likeness (QED) is 0.663. The number of fused-ring (bicyclic) bond motifs is 1. The molecule has 0 spiro atoms. The second-order valence-corrected chi connectivity index (χ2v) is 2.95. The number of nitrogens with two attached hydrogens (primary N) is 1. The molecule has 0 atom stereocenters. The Morgan fingerprint density at radius 2 is 2.31 bits per heavy atom. The van der Waals surface area contributed by atoms with Crippen molar-refractivity contribution in [2.24, 2.45) is 5.73 Å². The van der Waals surface area contributed by atoms with E-state index < -0.39 is 0 Å². The van der Waals surface area contributed by atoms with Gasteiger partial charge >= 0.3 is 0 Å². The SMILES string of the molecule is NC(=O)c1cccc2c1CNC=C2. The van der Waals surface area contributed by atoms with E-state index in [1.165, 1.54) is 0 Å². The molecule has 3 nitrogen and oxygen atoms in total.